The molecule has 1 aliphatic heterocycles. The lowest BCUT2D eigenvalue weighted by Gasteiger charge is -2.17. The first-order valence-electron chi connectivity index (χ1n) is 9.54. The summed E-state index contributed by atoms with van der Waals surface area (Å²) in [5, 5.41) is 37.7. The van der Waals surface area contributed by atoms with Gasteiger partial charge in [-0.3, -0.25) is 0 Å². The van der Waals surface area contributed by atoms with Crippen LogP contribution in [0.5, 0.6) is 0 Å². The summed E-state index contributed by atoms with van der Waals surface area (Å²) in [4.78, 5) is 8.47. The second-order valence-corrected chi connectivity index (χ2v) is 7.81. The van der Waals surface area contributed by atoms with Gasteiger partial charge in [-0.2, -0.15) is 15.1 Å². The second-order valence-electron chi connectivity index (χ2n) is 7.48. The number of hydrogen-bond acceptors (Lipinski definition) is 8. The summed E-state index contributed by atoms with van der Waals surface area (Å²) in [6, 6.07) is 4.60. The Labute approximate surface area is 175 Å². The maximum Gasteiger partial charge on any atom is 0.226 e. The van der Waals surface area contributed by atoms with Crippen LogP contribution in [-0.4, -0.2) is 60.0 Å². The average Bonchev–Trinajstić information content (AvgIpc) is 3.39. The number of aliphatic hydroxyl groups excluding tert-OH is 3. The molecule has 3 aromatic rings. The molecule has 3 heterocycles. The minimum Gasteiger partial charge on any atom is -0.394 e. The van der Waals surface area contributed by atoms with Gasteiger partial charge in [-0.1, -0.05) is 6.07 Å². The third-order valence-electron chi connectivity index (χ3n) is 5.68. The lowest BCUT2D eigenvalue weighted by Crippen LogP contribution is -2.33. The van der Waals surface area contributed by atoms with E-state index >= 15 is 0 Å². The second kappa shape index (κ2) is 7.40. The van der Waals surface area contributed by atoms with Crippen molar-refractivity contribution in [2.45, 2.75) is 43.4 Å². The van der Waals surface area contributed by atoms with Crippen LogP contribution in [-0.2, 0) is 11.2 Å². The Bertz CT molecular complexity index is 1110. The highest BCUT2D eigenvalue weighted by Gasteiger charge is 2.44. The third-order valence-corrected chi connectivity index (χ3v) is 5.85. The number of ether oxygens (including phenoxy) is 1. The van der Waals surface area contributed by atoms with Gasteiger partial charge in [-0.05, 0) is 47.7 Å². The van der Waals surface area contributed by atoms with Crippen LogP contribution >= 0.6 is 11.6 Å². The zero-order chi connectivity index (χ0) is 21.0. The first-order valence-corrected chi connectivity index (χ1v) is 9.92. The van der Waals surface area contributed by atoms with Gasteiger partial charge in [0.2, 0.25) is 5.28 Å². The SMILES string of the molecule is OC[C@H]1O[C@@H](n2ncc3c(N[C@@H]4CCc5ccc(F)cc54)nc(Cl)nc32)[C@H](O)[C@@H]1O. The van der Waals surface area contributed by atoms with Crippen molar-refractivity contribution in [2.75, 3.05) is 11.9 Å². The maximum atomic E-state index is 13.7. The normalized spacial score (nSPS) is 28.2. The largest absolute Gasteiger partial charge is 0.394 e. The van der Waals surface area contributed by atoms with Crippen LogP contribution in [0.2, 0.25) is 5.28 Å². The summed E-state index contributed by atoms with van der Waals surface area (Å²) in [5.41, 5.74) is 2.24. The molecule has 1 saturated heterocycles. The average molecular weight is 436 g/mol. The Morgan fingerprint density at radius 1 is 1.27 bits per heavy atom. The molecule has 9 nitrogen and oxygen atoms in total. The number of benzene rings is 1. The van der Waals surface area contributed by atoms with Crippen molar-refractivity contribution >= 4 is 28.5 Å². The van der Waals surface area contributed by atoms with Gasteiger partial charge in [0.1, 0.15) is 29.9 Å². The van der Waals surface area contributed by atoms with Crippen molar-refractivity contribution in [1.29, 1.82) is 0 Å². The van der Waals surface area contributed by atoms with E-state index in [1.807, 2.05) is 0 Å². The van der Waals surface area contributed by atoms with Crippen molar-refractivity contribution in [3.05, 3.63) is 46.6 Å². The summed E-state index contributed by atoms with van der Waals surface area (Å²) in [6.45, 7) is -0.450. The molecule has 5 atom stereocenters. The Hall–Kier alpha value is -2.37. The monoisotopic (exact) mass is 435 g/mol. The number of nitrogens with zero attached hydrogens (tertiary/aromatic N) is 4. The fourth-order valence-electron chi connectivity index (χ4n) is 4.17. The van der Waals surface area contributed by atoms with Crippen molar-refractivity contribution in [2.24, 2.45) is 0 Å². The van der Waals surface area contributed by atoms with Gasteiger partial charge in [0.05, 0.1) is 24.2 Å². The van der Waals surface area contributed by atoms with E-state index in [9.17, 15) is 19.7 Å². The van der Waals surface area contributed by atoms with Gasteiger partial charge >= 0.3 is 0 Å². The van der Waals surface area contributed by atoms with Gasteiger partial charge in [-0.15, -0.1) is 0 Å². The van der Waals surface area contributed by atoms with Gasteiger partial charge in [0, 0.05) is 0 Å². The predicted octanol–water partition coefficient (Wildman–Crippen LogP) is 1.33. The summed E-state index contributed by atoms with van der Waals surface area (Å²) in [6.07, 6.45) is -1.47. The van der Waals surface area contributed by atoms with Crippen molar-refractivity contribution < 1.29 is 24.4 Å². The van der Waals surface area contributed by atoms with Crippen molar-refractivity contribution in [3.8, 4) is 0 Å². The Kier molecular flexibility index (Phi) is 4.83. The summed E-state index contributed by atoms with van der Waals surface area (Å²) < 4.78 is 20.6. The fraction of sp³-hybridized carbons (Fsp3) is 0.421. The number of aromatic nitrogens is 4. The van der Waals surface area contributed by atoms with Crippen LogP contribution in [0, 0.1) is 5.82 Å². The summed E-state index contributed by atoms with van der Waals surface area (Å²) in [5.74, 6) is 0.121. The van der Waals surface area contributed by atoms with Gasteiger partial charge in [-0.25, -0.2) is 9.07 Å². The van der Waals surface area contributed by atoms with E-state index in [0.717, 1.165) is 24.0 Å². The molecule has 0 saturated carbocycles. The van der Waals surface area contributed by atoms with E-state index < -0.39 is 31.1 Å². The molecule has 4 N–H and O–H groups in total. The zero-order valence-electron chi connectivity index (χ0n) is 15.6. The summed E-state index contributed by atoms with van der Waals surface area (Å²) >= 11 is 6.14. The highest BCUT2D eigenvalue weighted by molar-refractivity contribution is 6.28. The first kappa shape index (κ1) is 19.6. The molecule has 158 valence electrons. The van der Waals surface area contributed by atoms with Crippen molar-refractivity contribution in [1.82, 2.24) is 19.7 Å². The van der Waals surface area contributed by atoms with E-state index in [1.165, 1.54) is 23.0 Å². The molecule has 30 heavy (non-hydrogen) atoms. The van der Waals surface area contributed by atoms with Crippen molar-refractivity contribution in [3.63, 3.8) is 0 Å². The number of hydrogen-bond donors (Lipinski definition) is 4. The number of halogens is 2. The Balaban J connectivity index is 1.51. The lowest BCUT2D eigenvalue weighted by molar-refractivity contribution is -0.0566. The molecule has 1 fully saturated rings. The molecule has 1 aromatic carbocycles. The smallest absolute Gasteiger partial charge is 0.226 e. The van der Waals surface area contributed by atoms with E-state index in [4.69, 9.17) is 16.3 Å². The number of aliphatic hydroxyl groups is 3. The fourth-order valence-corrected chi connectivity index (χ4v) is 4.33. The molecule has 5 rings (SSSR count). The standard InChI is InChI=1S/C19H19ClFN5O4/c20-19-24-16(23-12-4-2-8-1-3-9(21)5-10(8)12)11-6-22-26(17(11)25-19)18-15(29)14(28)13(7-27)30-18/h1,3,5-6,12-15,18,27-29H,2,4,7H2,(H,23,24,25)/t12-,13-,14-,15-,18-/m1/s1. The van der Waals surface area contributed by atoms with E-state index in [1.54, 1.807) is 6.07 Å². The van der Waals surface area contributed by atoms with E-state index in [2.05, 4.69) is 20.4 Å². The number of rotatable bonds is 4. The Morgan fingerprint density at radius 2 is 2.10 bits per heavy atom. The first-order chi connectivity index (χ1) is 14.5. The third kappa shape index (κ3) is 3.12. The predicted molar refractivity (Wildman–Crippen MR) is 104 cm³/mol. The van der Waals surface area contributed by atoms with Crippen LogP contribution in [0.1, 0.15) is 29.8 Å². The molecule has 1 aliphatic carbocycles. The molecular weight excluding hydrogens is 417 g/mol. The molecule has 2 aliphatic rings. The molecule has 0 radical (unpaired) electrons. The van der Waals surface area contributed by atoms with Crippen LogP contribution in [0.15, 0.2) is 24.4 Å². The minimum atomic E-state index is -1.31. The number of fused-ring (bicyclic) bond motifs is 2. The topological polar surface area (TPSA) is 126 Å². The lowest BCUT2D eigenvalue weighted by atomic mass is 10.1. The summed E-state index contributed by atoms with van der Waals surface area (Å²) in [7, 11) is 0. The molecule has 2 aromatic heterocycles. The number of nitrogens with one attached hydrogen (secondary N) is 1. The van der Waals surface area contributed by atoms with Crippen LogP contribution in [0.25, 0.3) is 11.0 Å². The quantitative estimate of drug-likeness (QED) is 0.452. The molecular formula is C19H19ClFN5O4. The van der Waals surface area contributed by atoms with E-state index in [0.29, 0.717) is 16.9 Å². The van der Waals surface area contributed by atoms with Gasteiger partial charge < -0.3 is 25.4 Å². The van der Waals surface area contributed by atoms with Crippen LogP contribution in [0.4, 0.5) is 10.2 Å². The highest BCUT2D eigenvalue weighted by Crippen LogP contribution is 2.37. The maximum absolute atomic E-state index is 13.7. The molecule has 0 unspecified atom stereocenters. The highest BCUT2D eigenvalue weighted by atomic mass is 35.5. The minimum absolute atomic E-state index is 0.0454. The zero-order valence-corrected chi connectivity index (χ0v) is 16.4. The number of anilines is 1. The van der Waals surface area contributed by atoms with Crippen LogP contribution in [0.3, 0.4) is 0 Å². The van der Waals surface area contributed by atoms with Gasteiger partial charge in [0.25, 0.3) is 0 Å². The molecule has 0 spiro atoms. The molecule has 11 heteroatoms. The van der Waals surface area contributed by atoms with Gasteiger partial charge in [0.15, 0.2) is 11.9 Å². The Morgan fingerprint density at radius 3 is 2.87 bits per heavy atom. The number of aryl methyl sites for hydroxylation is 1. The molecule has 0 amide bonds. The molecule has 0 bridgehead atoms. The van der Waals surface area contributed by atoms with E-state index in [-0.39, 0.29) is 17.1 Å². The van der Waals surface area contributed by atoms with Crippen LogP contribution < -0.4 is 5.32 Å².